The van der Waals surface area contributed by atoms with Crippen LogP contribution in [0.1, 0.15) is 5.69 Å². The van der Waals surface area contributed by atoms with E-state index in [9.17, 15) is 8.42 Å². The van der Waals surface area contributed by atoms with Crippen LogP contribution in [-0.4, -0.2) is 19.7 Å². The Morgan fingerprint density at radius 2 is 1.95 bits per heavy atom. The first-order valence-electron chi connectivity index (χ1n) is 5.33. The summed E-state index contributed by atoms with van der Waals surface area (Å²) in [4.78, 5) is 4.00. The normalized spacial score (nSPS) is 10.7. The lowest BCUT2D eigenvalue weighted by Crippen LogP contribution is -1.97. The van der Waals surface area contributed by atoms with Gasteiger partial charge in [0.05, 0.1) is 4.90 Å². The summed E-state index contributed by atoms with van der Waals surface area (Å²) in [7, 11) is -3.28. The Balaban J connectivity index is 2.31. The fraction of sp³-hybridized carbons (Fsp3) is 0.0769. The van der Waals surface area contributed by atoms with Crippen LogP contribution in [-0.2, 0) is 9.84 Å². The molecule has 0 radical (unpaired) electrons. The highest BCUT2D eigenvalue weighted by Crippen LogP contribution is 2.23. The number of sulfone groups is 1. The molecule has 6 heteroatoms. The van der Waals surface area contributed by atoms with Crippen LogP contribution in [0.4, 0.5) is 0 Å². The quantitative estimate of drug-likeness (QED) is 0.856. The summed E-state index contributed by atoms with van der Waals surface area (Å²) in [6.07, 6.45) is 2.58. The zero-order valence-electron chi connectivity index (χ0n) is 10.1. The van der Waals surface area contributed by atoms with E-state index in [1.165, 1.54) is 24.4 Å². The van der Waals surface area contributed by atoms with Gasteiger partial charge in [0.25, 0.3) is 0 Å². The SMILES string of the molecule is CS(=O)(=O)c1cccc(Oc2ccnc(C#N)c2)c1. The maximum Gasteiger partial charge on any atom is 0.175 e. The number of ether oxygens (including phenoxy) is 1. The molecule has 0 spiro atoms. The van der Waals surface area contributed by atoms with Crippen LogP contribution in [0.15, 0.2) is 47.5 Å². The van der Waals surface area contributed by atoms with Gasteiger partial charge in [0.2, 0.25) is 0 Å². The van der Waals surface area contributed by atoms with Gasteiger partial charge in [-0.3, -0.25) is 0 Å². The van der Waals surface area contributed by atoms with E-state index in [0.29, 0.717) is 11.5 Å². The third-order valence-corrected chi connectivity index (χ3v) is 3.43. The smallest absolute Gasteiger partial charge is 0.175 e. The minimum absolute atomic E-state index is 0.180. The largest absolute Gasteiger partial charge is 0.457 e. The van der Waals surface area contributed by atoms with Crippen molar-refractivity contribution in [2.45, 2.75) is 4.90 Å². The number of nitriles is 1. The van der Waals surface area contributed by atoms with Crippen molar-refractivity contribution < 1.29 is 13.2 Å². The summed E-state index contributed by atoms with van der Waals surface area (Å²) in [6.45, 7) is 0. The highest BCUT2D eigenvalue weighted by molar-refractivity contribution is 7.90. The van der Waals surface area contributed by atoms with E-state index in [0.717, 1.165) is 6.26 Å². The van der Waals surface area contributed by atoms with Crippen molar-refractivity contribution in [3.05, 3.63) is 48.3 Å². The van der Waals surface area contributed by atoms with E-state index < -0.39 is 9.84 Å². The number of nitrogens with zero attached hydrogens (tertiary/aromatic N) is 2. The van der Waals surface area contributed by atoms with E-state index in [1.54, 1.807) is 18.2 Å². The summed E-state index contributed by atoms with van der Waals surface area (Å²) in [5.74, 6) is 0.815. The van der Waals surface area contributed by atoms with E-state index in [4.69, 9.17) is 10.00 Å². The summed E-state index contributed by atoms with van der Waals surface area (Å²) in [5.41, 5.74) is 0.233. The number of aromatic nitrogens is 1. The van der Waals surface area contributed by atoms with Crippen molar-refractivity contribution in [2.75, 3.05) is 6.26 Å². The minimum Gasteiger partial charge on any atom is -0.457 e. The lowest BCUT2D eigenvalue weighted by molar-refractivity contribution is 0.480. The number of hydrogen-bond acceptors (Lipinski definition) is 5. The molecule has 1 heterocycles. The highest BCUT2D eigenvalue weighted by Gasteiger charge is 2.08. The molecule has 96 valence electrons. The third-order valence-electron chi connectivity index (χ3n) is 2.32. The predicted molar refractivity (Wildman–Crippen MR) is 68.6 cm³/mol. The Morgan fingerprint density at radius 3 is 2.63 bits per heavy atom. The Hall–Kier alpha value is -2.39. The van der Waals surface area contributed by atoms with Crippen LogP contribution >= 0.6 is 0 Å². The van der Waals surface area contributed by atoms with Crippen molar-refractivity contribution in [3.63, 3.8) is 0 Å². The fourth-order valence-corrected chi connectivity index (χ4v) is 2.10. The molecule has 1 aromatic carbocycles. The number of pyridine rings is 1. The molecule has 0 N–H and O–H groups in total. The molecular weight excluding hydrogens is 264 g/mol. The zero-order valence-corrected chi connectivity index (χ0v) is 10.9. The maximum absolute atomic E-state index is 11.4. The minimum atomic E-state index is -3.28. The predicted octanol–water partition coefficient (Wildman–Crippen LogP) is 2.15. The molecule has 0 bridgehead atoms. The third kappa shape index (κ3) is 3.30. The van der Waals surface area contributed by atoms with Crippen molar-refractivity contribution in [3.8, 4) is 17.6 Å². The molecular formula is C13H10N2O3S. The monoisotopic (exact) mass is 274 g/mol. The average Bonchev–Trinajstić information content (AvgIpc) is 2.38. The standard InChI is InChI=1S/C13H10N2O3S/c1-19(16,17)13-4-2-3-11(8-13)18-12-5-6-15-10(7-12)9-14/h2-8H,1H3. The van der Waals surface area contributed by atoms with Gasteiger partial charge in [0, 0.05) is 18.5 Å². The van der Waals surface area contributed by atoms with Gasteiger partial charge in [-0.05, 0) is 24.3 Å². The van der Waals surface area contributed by atoms with Crippen LogP contribution < -0.4 is 4.74 Å². The molecule has 0 saturated heterocycles. The van der Waals surface area contributed by atoms with E-state index in [-0.39, 0.29) is 10.6 Å². The second-order valence-electron chi connectivity index (χ2n) is 3.84. The Bertz CT molecular complexity index is 748. The topological polar surface area (TPSA) is 80.1 Å². The summed E-state index contributed by atoms with van der Waals surface area (Å²) < 4.78 is 28.4. The van der Waals surface area contributed by atoms with Gasteiger partial charge < -0.3 is 4.74 Å². The van der Waals surface area contributed by atoms with Crippen LogP contribution in [0.3, 0.4) is 0 Å². The highest BCUT2D eigenvalue weighted by atomic mass is 32.2. The van der Waals surface area contributed by atoms with Crippen molar-refractivity contribution in [2.24, 2.45) is 0 Å². The molecule has 0 unspecified atom stereocenters. The molecule has 19 heavy (non-hydrogen) atoms. The Labute approximate surface area is 111 Å². The second kappa shape index (κ2) is 5.08. The number of benzene rings is 1. The zero-order chi connectivity index (χ0) is 13.9. The first kappa shape index (κ1) is 13.1. The Morgan fingerprint density at radius 1 is 1.21 bits per heavy atom. The summed E-state index contributed by atoms with van der Waals surface area (Å²) in [6, 6.07) is 11.1. The molecule has 1 aromatic heterocycles. The average molecular weight is 274 g/mol. The van der Waals surface area contributed by atoms with Crippen molar-refractivity contribution >= 4 is 9.84 Å². The molecule has 5 nitrogen and oxygen atoms in total. The van der Waals surface area contributed by atoms with Crippen molar-refractivity contribution in [1.29, 1.82) is 5.26 Å². The van der Waals surface area contributed by atoms with Gasteiger partial charge in [-0.15, -0.1) is 0 Å². The van der Waals surface area contributed by atoms with Gasteiger partial charge in [-0.25, -0.2) is 13.4 Å². The first-order chi connectivity index (χ1) is 8.99. The van der Waals surface area contributed by atoms with Crippen LogP contribution in [0.2, 0.25) is 0 Å². The molecule has 2 rings (SSSR count). The molecule has 0 saturated carbocycles. The Kier molecular flexibility index (Phi) is 3.49. The number of hydrogen-bond donors (Lipinski definition) is 0. The van der Waals surface area contributed by atoms with Crippen LogP contribution in [0.5, 0.6) is 11.5 Å². The molecule has 0 aliphatic heterocycles. The van der Waals surface area contributed by atoms with E-state index >= 15 is 0 Å². The molecule has 0 fully saturated rings. The molecule has 0 atom stereocenters. The molecule has 0 aliphatic rings. The molecule has 2 aromatic rings. The van der Waals surface area contributed by atoms with E-state index in [1.807, 2.05) is 6.07 Å². The van der Waals surface area contributed by atoms with Crippen molar-refractivity contribution in [1.82, 2.24) is 4.98 Å². The van der Waals surface area contributed by atoms with Gasteiger partial charge in [0.1, 0.15) is 23.3 Å². The maximum atomic E-state index is 11.4. The lowest BCUT2D eigenvalue weighted by Gasteiger charge is -2.06. The lowest BCUT2D eigenvalue weighted by atomic mass is 10.3. The fourth-order valence-electron chi connectivity index (χ4n) is 1.44. The van der Waals surface area contributed by atoms with E-state index in [2.05, 4.69) is 4.98 Å². The second-order valence-corrected chi connectivity index (χ2v) is 5.85. The van der Waals surface area contributed by atoms with Gasteiger partial charge in [0.15, 0.2) is 9.84 Å². The summed E-state index contributed by atoms with van der Waals surface area (Å²) in [5, 5.41) is 8.73. The van der Waals surface area contributed by atoms with Gasteiger partial charge >= 0.3 is 0 Å². The first-order valence-corrected chi connectivity index (χ1v) is 7.22. The summed E-state index contributed by atoms with van der Waals surface area (Å²) >= 11 is 0. The van der Waals surface area contributed by atoms with Gasteiger partial charge in [-0.1, -0.05) is 6.07 Å². The molecule has 0 aliphatic carbocycles. The van der Waals surface area contributed by atoms with Crippen LogP contribution in [0, 0.1) is 11.3 Å². The van der Waals surface area contributed by atoms with Gasteiger partial charge in [-0.2, -0.15) is 5.26 Å². The number of rotatable bonds is 3. The molecule has 0 amide bonds. The van der Waals surface area contributed by atoms with Crippen LogP contribution in [0.25, 0.3) is 0 Å².